The number of hydrogen-bond acceptors (Lipinski definition) is 0. The Morgan fingerprint density at radius 1 is 0.591 bits per heavy atom. The van der Waals surface area contributed by atoms with Gasteiger partial charge in [-0.15, -0.1) is 8.58 Å². The van der Waals surface area contributed by atoms with Gasteiger partial charge in [0.25, 0.3) is 0 Å². The Morgan fingerprint density at radius 3 is 1.59 bits per heavy atom. The lowest BCUT2D eigenvalue weighted by Gasteiger charge is -2.18. The normalized spacial score (nSPS) is 20.0. The molecular weight excluding hydrogens is 283 g/mol. The van der Waals surface area contributed by atoms with Crippen LogP contribution in [0.5, 0.6) is 0 Å². The van der Waals surface area contributed by atoms with Crippen molar-refractivity contribution >= 4 is 8.58 Å². The van der Waals surface area contributed by atoms with Crippen LogP contribution in [0.3, 0.4) is 0 Å². The molecule has 1 fully saturated rings. The van der Waals surface area contributed by atoms with Gasteiger partial charge in [-0.05, 0) is 31.1 Å². The highest BCUT2D eigenvalue weighted by Gasteiger charge is 2.09. The number of rotatable bonds is 9. The van der Waals surface area contributed by atoms with E-state index in [1.807, 2.05) is 0 Å². The lowest BCUT2D eigenvalue weighted by atomic mass is 10.0. The van der Waals surface area contributed by atoms with Crippen molar-refractivity contribution in [3.8, 4) is 0 Å². The molecule has 22 heavy (non-hydrogen) atoms. The summed E-state index contributed by atoms with van der Waals surface area (Å²) >= 11 is 0. The van der Waals surface area contributed by atoms with E-state index in [1.165, 1.54) is 111 Å². The summed E-state index contributed by atoms with van der Waals surface area (Å²) in [5, 5.41) is 0. The van der Waals surface area contributed by atoms with Gasteiger partial charge in [0.1, 0.15) is 0 Å². The first-order valence-corrected chi connectivity index (χ1v) is 12.0. The van der Waals surface area contributed by atoms with Gasteiger partial charge in [0.2, 0.25) is 0 Å². The smallest absolute Gasteiger partial charge is 0.0237 e. The van der Waals surface area contributed by atoms with Crippen LogP contribution in [0.1, 0.15) is 122 Å². The van der Waals surface area contributed by atoms with Crippen LogP contribution in [0.25, 0.3) is 0 Å². The topological polar surface area (TPSA) is 0 Å². The molecule has 1 heteroatoms. The molecule has 0 nitrogen and oxygen atoms in total. The second-order valence-corrected chi connectivity index (χ2v) is 9.26. The first-order valence-electron chi connectivity index (χ1n) is 10.7. The molecule has 0 aromatic heterocycles. The van der Waals surface area contributed by atoms with Crippen LogP contribution in [0.2, 0.25) is 0 Å². The van der Waals surface area contributed by atoms with Gasteiger partial charge in [-0.25, -0.2) is 0 Å². The van der Waals surface area contributed by atoms with Crippen molar-refractivity contribution in [3.05, 3.63) is 0 Å². The van der Waals surface area contributed by atoms with Crippen LogP contribution < -0.4 is 0 Å². The highest BCUT2D eigenvalue weighted by atomic mass is 31.1. The van der Waals surface area contributed by atoms with Crippen LogP contribution >= 0.6 is 8.58 Å². The Balaban J connectivity index is 2.02. The summed E-state index contributed by atoms with van der Waals surface area (Å²) < 4.78 is 0. The van der Waals surface area contributed by atoms with Crippen molar-refractivity contribution in [3.63, 3.8) is 0 Å². The molecule has 0 aromatic carbocycles. The lowest BCUT2D eigenvalue weighted by molar-refractivity contribution is 0.508. The predicted octanol–water partition coefficient (Wildman–Crippen LogP) is 8.09. The van der Waals surface area contributed by atoms with E-state index in [9.17, 15) is 0 Å². The molecule has 0 radical (unpaired) electrons. The molecule has 0 aromatic rings. The summed E-state index contributed by atoms with van der Waals surface area (Å²) in [5.74, 6) is 0. The van der Waals surface area contributed by atoms with E-state index in [4.69, 9.17) is 0 Å². The minimum absolute atomic E-state index is 1.10. The van der Waals surface area contributed by atoms with Crippen molar-refractivity contribution in [1.82, 2.24) is 0 Å². The van der Waals surface area contributed by atoms with E-state index in [2.05, 4.69) is 6.92 Å². The monoisotopic (exact) mass is 326 g/mol. The maximum absolute atomic E-state index is 2.31. The van der Waals surface area contributed by atoms with Crippen molar-refractivity contribution in [2.24, 2.45) is 0 Å². The zero-order valence-corrected chi connectivity index (χ0v) is 16.5. The molecule has 1 rings (SSSR count). The van der Waals surface area contributed by atoms with Crippen molar-refractivity contribution in [2.45, 2.75) is 128 Å². The van der Waals surface area contributed by atoms with Crippen LogP contribution in [-0.4, -0.2) is 11.8 Å². The molecule has 0 spiro atoms. The van der Waals surface area contributed by atoms with E-state index in [0.717, 1.165) is 5.66 Å². The Labute approximate surface area is 143 Å². The van der Waals surface area contributed by atoms with Crippen molar-refractivity contribution in [1.29, 1.82) is 0 Å². The minimum Gasteiger partial charge on any atom is -0.119 e. The molecular formula is C21H43P. The van der Waals surface area contributed by atoms with E-state index < -0.39 is 0 Å². The van der Waals surface area contributed by atoms with E-state index >= 15 is 0 Å². The SMILES string of the molecule is CCCCCCCCCPC1CCCCCCCCCCC1. The largest absolute Gasteiger partial charge is 0.119 e. The van der Waals surface area contributed by atoms with E-state index in [0.29, 0.717) is 0 Å². The number of unbranched alkanes of at least 4 members (excludes halogenated alkanes) is 6. The zero-order chi connectivity index (χ0) is 15.7. The van der Waals surface area contributed by atoms with Crippen LogP contribution in [0.4, 0.5) is 0 Å². The van der Waals surface area contributed by atoms with Gasteiger partial charge in [0.15, 0.2) is 0 Å². The molecule has 1 aliphatic rings. The third-order valence-corrected chi connectivity index (χ3v) is 7.12. The summed E-state index contributed by atoms with van der Waals surface area (Å²) in [6, 6.07) is 0. The summed E-state index contributed by atoms with van der Waals surface area (Å²) in [6.07, 6.45) is 28.5. The van der Waals surface area contributed by atoms with Crippen LogP contribution in [-0.2, 0) is 0 Å². The van der Waals surface area contributed by atoms with Gasteiger partial charge < -0.3 is 0 Å². The highest BCUT2D eigenvalue weighted by Crippen LogP contribution is 2.31. The highest BCUT2D eigenvalue weighted by molar-refractivity contribution is 7.38. The molecule has 1 unspecified atom stereocenters. The maximum atomic E-state index is 2.31. The molecule has 0 saturated heterocycles. The molecule has 0 aliphatic heterocycles. The Bertz CT molecular complexity index is 202. The van der Waals surface area contributed by atoms with Crippen molar-refractivity contribution in [2.75, 3.05) is 6.16 Å². The molecule has 0 bridgehead atoms. The third kappa shape index (κ3) is 12.9. The summed E-state index contributed by atoms with van der Waals surface area (Å²) in [5.41, 5.74) is 1.10. The summed E-state index contributed by atoms with van der Waals surface area (Å²) in [6.45, 7) is 2.31. The Kier molecular flexibility index (Phi) is 15.2. The first-order chi connectivity index (χ1) is 10.9. The fraction of sp³-hybridized carbons (Fsp3) is 1.00. The molecule has 1 aliphatic carbocycles. The zero-order valence-electron chi connectivity index (χ0n) is 15.5. The van der Waals surface area contributed by atoms with E-state index in [-0.39, 0.29) is 0 Å². The molecule has 1 saturated carbocycles. The summed E-state index contributed by atoms with van der Waals surface area (Å²) in [7, 11) is 1.28. The van der Waals surface area contributed by atoms with Gasteiger partial charge >= 0.3 is 0 Å². The van der Waals surface area contributed by atoms with Crippen LogP contribution in [0, 0.1) is 0 Å². The van der Waals surface area contributed by atoms with E-state index in [1.54, 1.807) is 19.0 Å². The molecule has 0 heterocycles. The van der Waals surface area contributed by atoms with Gasteiger partial charge in [-0.3, -0.25) is 0 Å². The van der Waals surface area contributed by atoms with Gasteiger partial charge in [0, 0.05) is 0 Å². The second kappa shape index (κ2) is 16.3. The first kappa shape index (κ1) is 20.5. The second-order valence-electron chi connectivity index (χ2n) is 7.53. The average Bonchev–Trinajstić information content (AvgIpc) is 2.52. The van der Waals surface area contributed by atoms with Crippen LogP contribution in [0.15, 0.2) is 0 Å². The van der Waals surface area contributed by atoms with Gasteiger partial charge in [-0.1, -0.05) is 103 Å². The lowest BCUT2D eigenvalue weighted by Crippen LogP contribution is -2.03. The summed E-state index contributed by atoms with van der Waals surface area (Å²) in [4.78, 5) is 0. The van der Waals surface area contributed by atoms with Crippen molar-refractivity contribution < 1.29 is 0 Å². The fourth-order valence-electron chi connectivity index (χ4n) is 3.76. The molecule has 132 valence electrons. The quantitative estimate of drug-likeness (QED) is 0.296. The average molecular weight is 327 g/mol. The Morgan fingerprint density at radius 2 is 1.05 bits per heavy atom. The third-order valence-electron chi connectivity index (χ3n) is 5.32. The van der Waals surface area contributed by atoms with Gasteiger partial charge in [0.05, 0.1) is 0 Å². The predicted molar refractivity (Wildman–Crippen MR) is 106 cm³/mol. The maximum Gasteiger partial charge on any atom is -0.0237 e. The molecule has 0 amide bonds. The number of hydrogen-bond donors (Lipinski definition) is 0. The van der Waals surface area contributed by atoms with Gasteiger partial charge in [-0.2, -0.15) is 0 Å². The fourth-order valence-corrected chi connectivity index (χ4v) is 5.43. The molecule has 1 atom stereocenters. The Hall–Kier alpha value is 0.430. The standard InChI is InChI=1S/C21H43P/c1-2-3-4-5-11-14-17-20-22-21-18-15-12-9-7-6-8-10-13-16-19-21/h21-22H,2-20H2,1H3. The minimum atomic E-state index is 1.10. The molecule has 0 N–H and O–H groups in total.